The lowest BCUT2D eigenvalue weighted by atomic mass is 10.5. The lowest BCUT2D eigenvalue weighted by Gasteiger charge is -2.10. The molecule has 0 fully saturated rings. The first-order valence-electron chi connectivity index (χ1n) is 5.62. The minimum absolute atomic E-state index is 0.0146. The van der Waals surface area contributed by atoms with E-state index in [4.69, 9.17) is 4.74 Å². The van der Waals surface area contributed by atoms with E-state index in [0.29, 0.717) is 6.54 Å². The van der Waals surface area contributed by atoms with Crippen LogP contribution in [0.2, 0.25) is 0 Å². The van der Waals surface area contributed by atoms with Gasteiger partial charge in [0.15, 0.2) is 0 Å². The molecule has 0 unspecified atom stereocenters. The normalized spacial score (nSPS) is 11.4. The fourth-order valence-corrected chi connectivity index (χ4v) is 1.34. The van der Waals surface area contributed by atoms with Gasteiger partial charge in [0.1, 0.15) is 12.1 Å². The molecule has 2 aromatic rings. The Bertz CT molecular complexity index is 597. The van der Waals surface area contributed by atoms with Crippen LogP contribution in [0.25, 0.3) is 0 Å². The molecule has 20 heavy (non-hydrogen) atoms. The summed E-state index contributed by atoms with van der Waals surface area (Å²) in [6.07, 6.45) is -3.31. The van der Waals surface area contributed by atoms with Crippen LogP contribution in [0.5, 0.6) is 11.9 Å². The maximum absolute atomic E-state index is 12.7. The highest BCUT2D eigenvalue weighted by Crippen LogP contribution is 2.29. The average molecular weight is 288 g/mol. The highest BCUT2D eigenvalue weighted by Gasteiger charge is 2.35. The van der Waals surface area contributed by atoms with Gasteiger partial charge < -0.3 is 10.1 Å². The lowest BCUT2D eigenvalue weighted by molar-refractivity contribution is -0.145. The number of alkyl halides is 3. The fraction of sp³-hybridized carbons (Fsp3) is 0.400. The first-order valence-corrected chi connectivity index (χ1v) is 5.62. The van der Waals surface area contributed by atoms with E-state index in [0.717, 1.165) is 0 Å². The van der Waals surface area contributed by atoms with Crippen LogP contribution in [0.15, 0.2) is 12.4 Å². The molecule has 7 nitrogen and oxygen atoms in total. The molecule has 2 rings (SSSR count). The van der Waals surface area contributed by atoms with E-state index in [9.17, 15) is 13.2 Å². The maximum atomic E-state index is 12.7. The second-order valence-corrected chi connectivity index (χ2v) is 3.75. The summed E-state index contributed by atoms with van der Waals surface area (Å²) in [4.78, 5) is 10.4. The van der Waals surface area contributed by atoms with Crippen molar-refractivity contribution in [1.82, 2.24) is 24.7 Å². The molecular formula is C10H11F3N6O. The fourth-order valence-electron chi connectivity index (χ4n) is 1.34. The molecule has 2 aromatic heterocycles. The van der Waals surface area contributed by atoms with Crippen molar-refractivity contribution >= 4 is 5.82 Å². The SMILES string of the molecule is CCNc1cc(Oc2ncn(C)n2)nc(C(F)(F)F)n1. The van der Waals surface area contributed by atoms with E-state index in [1.165, 1.54) is 17.1 Å². The number of aryl methyl sites for hydroxylation is 1. The molecule has 2 heterocycles. The molecule has 0 amide bonds. The number of hydrogen-bond donors (Lipinski definition) is 1. The van der Waals surface area contributed by atoms with Gasteiger partial charge in [-0.05, 0) is 6.92 Å². The molecule has 0 saturated carbocycles. The number of nitrogens with zero attached hydrogens (tertiary/aromatic N) is 5. The van der Waals surface area contributed by atoms with E-state index in [1.807, 2.05) is 0 Å². The van der Waals surface area contributed by atoms with E-state index >= 15 is 0 Å². The number of rotatable bonds is 4. The molecule has 0 aromatic carbocycles. The number of anilines is 1. The molecule has 0 bridgehead atoms. The van der Waals surface area contributed by atoms with E-state index in [1.54, 1.807) is 14.0 Å². The Morgan fingerprint density at radius 1 is 1.35 bits per heavy atom. The topological polar surface area (TPSA) is 77.8 Å². The standard InChI is InChI=1S/C10H11F3N6O/c1-3-14-6-4-7(17-8(16-6)10(11,12)13)20-9-15-5-19(2)18-9/h4-5H,3H2,1-2H3,(H,14,16,17). The average Bonchev–Trinajstić information content (AvgIpc) is 2.74. The third kappa shape index (κ3) is 3.33. The molecular weight excluding hydrogens is 277 g/mol. The maximum Gasteiger partial charge on any atom is 0.451 e. The van der Waals surface area contributed by atoms with Gasteiger partial charge in [-0.15, -0.1) is 5.10 Å². The minimum atomic E-state index is -4.67. The van der Waals surface area contributed by atoms with Crippen molar-refractivity contribution in [2.75, 3.05) is 11.9 Å². The van der Waals surface area contributed by atoms with Crippen molar-refractivity contribution in [2.45, 2.75) is 13.1 Å². The monoisotopic (exact) mass is 288 g/mol. The van der Waals surface area contributed by atoms with Crippen molar-refractivity contribution in [1.29, 1.82) is 0 Å². The third-order valence-electron chi connectivity index (χ3n) is 2.09. The Hall–Kier alpha value is -2.39. The number of ether oxygens (including phenoxy) is 1. The molecule has 0 saturated heterocycles. The van der Waals surface area contributed by atoms with Crippen LogP contribution < -0.4 is 10.1 Å². The van der Waals surface area contributed by atoms with Gasteiger partial charge in [-0.25, -0.2) is 4.98 Å². The molecule has 0 spiro atoms. The zero-order valence-corrected chi connectivity index (χ0v) is 10.6. The van der Waals surface area contributed by atoms with Gasteiger partial charge in [-0.2, -0.15) is 23.1 Å². The Labute approximate surface area is 111 Å². The molecule has 0 atom stereocenters. The quantitative estimate of drug-likeness (QED) is 0.925. The van der Waals surface area contributed by atoms with Crippen LogP contribution in [-0.2, 0) is 13.2 Å². The summed E-state index contributed by atoms with van der Waals surface area (Å²) in [5, 5.41) is 6.47. The van der Waals surface area contributed by atoms with Crippen molar-refractivity contribution in [3.05, 3.63) is 18.2 Å². The van der Waals surface area contributed by atoms with Crippen molar-refractivity contribution in [3.63, 3.8) is 0 Å². The van der Waals surface area contributed by atoms with Crippen LogP contribution in [0.4, 0.5) is 19.0 Å². The number of nitrogens with one attached hydrogen (secondary N) is 1. The van der Waals surface area contributed by atoms with Crippen LogP contribution in [-0.4, -0.2) is 31.3 Å². The summed E-state index contributed by atoms with van der Waals surface area (Å²) in [5.41, 5.74) is 0. The van der Waals surface area contributed by atoms with E-state index in [2.05, 4.69) is 25.4 Å². The lowest BCUT2D eigenvalue weighted by Crippen LogP contribution is -2.13. The number of halogens is 3. The van der Waals surface area contributed by atoms with Gasteiger partial charge in [-0.3, -0.25) is 4.68 Å². The zero-order chi connectivity index (χ0) is 14.8. The Morgan fingerprint density at radius 2 is 2.10 bits per heavy atom. The summed E-state index contributed by atoms with van der Waals surface area (Å²) >= 11 is 0. The first kappa shape index (κ1) is 14.0. The van der Waals surface area contributed by atoms with Gasteiger partial charge in [0.05, 0.1) is 0 Å². The highest BCUT2D eigenvalue weighted by molar-refractivity contribution is 5.39. The summed E-state index contributed by atoms with van der Waals surface area (Å²) in [5.74, 6) is -1.56. The minimum Gasteiger partial charge on any atom is -0.404 e. The summed E-state index contributed by atoms with van der Waals surface area (Å²) in [6.45, 7) is 2.14. The second kappa shape index (κ2) is 5.31. The molecule has 0 aliphatic rings. The van der Waals surface area contributed by atoms with Crippen LogP contribution in [0, 0.1) is 0 Å². The molecule has 0 aliphatic carbocycles. The second-order valence-electron chi connectivity index (χ2n) is 3.75. The number of hydrogen-bond acceptors (Lipinski definition) is 6. The summed E-state index contributed by atoms with van der Waals surface area (Å²) in [7, 11) is 1.60. The molecule has 0 radical (unpaired) electrons. The predicted molar refractivity (Wildman–Crippen MR) is 62.3 cm³/mol. The number of aromatic nitrogens is 5. The van der Waals surface area contributed by atoms with Crippen LogP contribution >= 0.6 is 0 Å². The summed E-state index contributed by atoms with van der Waals surface area (Å²) in [6, 6.07) is 1.15. The Balaban J connectivity index is 2.33. The van der Waals surface area contributed by atoms with Crippen LogP contribution in [0.1, 0.15) is 12.7 Å². The van der Waals surface area contributed by atoms with Crippen molar-refractivity contribution < 1.29 is 17.9 Å². The van der Waals surface area contributed by atoms with Gasteiger partial charge in [0.2, 0.25) is 11.7 Å². The summed E-state index contributed by atoms with van der Waals surface area (Å²) < 4.78 is 44.5. The van der Waals surface area contributed by atoms with Crippen molar-refractivity contribution in [2.24, 2.45) is 7.05 Å². The molecule has 0 aliphatic heterocycles. The highest BCUT2D eigenvalue weighted by atomic mass is 19.4. The van der Waals surface area contributed by atoms with Gasteiger partial charge in [0.25, 0.3) is 0 Å². The predicted octanol–water partition coefficient (Wildman–Crippen LogP) is 1.85. The molecule has 1 N–H and O–H groups in total. The van der Waals surface area contributed by atoms with E-state index < -0.39 is 12.0 Å². The largest absolute Gasteiger partial charge is 0.451 e. The Kier molecular flexibility index (Phi) is 3.72. The van der Waals surface area contributed by atoms with Gasteiger partial charge in [0, 0.05) is 19.7 Å². The smallest absolute Gasteiger partial charge is 0.404 e. The third-order valence-corrected chi connectivity index (χ3v) is 2.09. The van der Waals surface area contributed by atoms with Crippen LogP contribution in [0.3, 0.4) is 0 Å². The zero-order valence-electron chi connectivity index (χ0n) is 10.6. The van der Waals surface area contributed by atoms with Crippen molar-refractivity contribution in [3.8, 4) is 11.9 Å². The molecule has 108 valence electrons. The van der Waals surface area contributed by atoms with Gasteiger partial charge in [-0.1, -0.05) is 0 Å². The molecule has 10 heteroatoms. The van der Waals surface area contributed by atoms with E-state index in [-0.39, 0.29) is 17.7 Å². The first-order chi connectivity index (χ1) is 9.38. The van der Waals surface area contributed by atoms with Gasteiger partial charge >= 0.3 is 12.2 Å². The Morgan fingerprint density at radius 3 is 2.65 bits per heavy atom.